The maximum atomic E-state index is 11.4. The molecule has 0 bridgehead atoms. The summed E-state index contributed by atoms with van der Waals surface area (Å²) in [5.74, 6) is -0.0328. The van der Waals surface area contributed by atoms with Gasteiger partial charge in [0.05, 0.1) is 0 Å². The summed E-state index contributed by atoms with van der Waals surface area (Å²) >= 11 is 3.40. The second-order valence-electron chi connectivity index (χ2n) is 3.24. The van der Waals surface area contributed by atoms with Gasteiger partial charge in [-0.1, -0.05) is 22.9 Å². The summed E-state index contributed by atoms with van der Waals surface area (Å²) < 4.78 is 1.02. The molecule has 1 rings (SSSR count). The number of aryl methyl sites for hydroxylation is 1. The molecule has 90 valence electrons. The van der Waals surface area contributed by atoms with E-state index in [9.17, 15) is 4.79 Å². The van der Waals surface area contributed by atoms with Crippen molar-refractivity contribution < 1.29 is 4.79 Å². The lowest BCUT2D eigenvalue weighted by Crippen LogP contribution is -2.17. The smallest absolute Gasteiger partial charge is 0.225 e. The fourth-order valence-corrected chi connectivity index (χ4v) is 1.73. The lowest BCUT2D eigenvalue weighted by Gasteiger charge is -2.09. The lowest BCUT2D eigenvalue weighted by molar-refractivity contribution is -0.116. The summed E-state index contributed by atoms with van der Waals surface area (Å²) in [6.45, 7) is 2.43. The monoisotopic (exact) mass is 306 g/mol. The highest BCUT2D eigenvalue weighted by atomic mass is 79.9. The van der Waals surface area contributed by atoms with E-state index in [4.69, 9.17) is 5.73 Å². The van der Waals surface area contributed by atoms with E-state index in [0.717, 1.165) is 22.1 Å². The van der Waals surface area contributed by atoms with Crippen LogP contribution in [-0.4, -0.2) is 12.5 Å². The van der Waals surface area contributed by atoms with Crippen LogP contribution in [0.1, 0.15) is 18.9 Å². The van der Waals surface area contributed by atoms with Crippen LogP contribution >= 0.6 is 28.3 Å². The van der Waals surface area contributed by atoms with Gasteiger partial charge in [-0.2, -0.15) is 0 Å². The number of nitrogens with two attached hydrogens (primary N) is 1. The summed E-state index contributed by atoms with van der Waals surface area (Å²) in [5.41, 5.74) is 7.30. The predicted molar refractivity (Wildman–Crippen MR) is 73.1 cm³/mol. The Morgan fingerprint density at radius 1 is 1.50 bits per heavy atom. The molecule has 16 heavy (non-hydrogen) atoms. The third kappa shape index (κ3) is 4.51. The Kier molecular flexibility index (Phi) is 7.38. The van der Waals surface area contributed by atoms with Gasteiger partial charge in [0.15, 0.2) is 0 Å². The molecule has 0 heterocycles. The largest absolute Gasteiger partial charge is 0.330 e. The zero-order chi connectivity index (χ0) is 11.3. The second-order valence-corrected chi connectivity index (χ2v) is 4.16. The summed E-state index contributed by atoms with van der Waals surface area (Å²) in [5, 5.41) is 2.85. The molecule has 0 atom stereocenters. The number of carbonyl (C=O) groups is 1. The minimum atomic E-state index is -0.0328. The normalized spacial score (nSPS) is 9.44. The first-order valence-corrected chi connectivity index (χ1v) is 5.75. The molecule has 1 aromatic carbocycles. The number of hydrogen-bond donors (Lipinski definition) is 2. The number of anilines is 1. The lowest BCUT2D eigenvalue weighted by atomic mass is 10.1. The fraction of sp³-hybridized carbons (Fsp3) is 0.364. The molecule has 0 radical (unpaired) electrons. The fourth-order valence-electron chi connectivity index (χ4n) is 1.32. The minimum absolute atomic E-state index is 0. The zero-order valence-corrected chi connectivity index (χ0v) is 11.5. The second kappa shape index (κ2) is 7.65. The Morgan fingerprint density at radius 3 is 2.75 bits per heavy atom. The van der Waals surface area contributed by atoms with Crippen molar-refractivity contribution in [2.45, 2.75) is 19.8 Å². The SMILES string of the molecule is CCc1cc(Br)ccc1NC(=O)CCN.Cl. The maximum Gasteiger partial charge on any atom is 0.225 e. The van der Waals surface area contributed by atoms with E-state index in [0.29, 0.717) is 13.0 Å². The van der Waals surface area contributed by atoms with E-state index in [1.807, 2.05) is 18.2 Å². The number of rotatable bonds is 4. The molecular weight excluding hydrogens is 291 g/mol. The molecule has 3 N–H and O–H groups in total. The van der Waals surface area contributed by atoms with Crippen molar-refractivity contribution in [2.75, 3.05) is 11.9 Å². The van der Waals surface area contributed by atoms with Crippen molar-refractivity contribution in [3.8, 4) is 0 Å². The van der Waals surface area contributed by atoms with Gasteiger partial charge in [-0.05, 0) is 30.2 Å². The summed E-state index contributed by atoms with van der Waals surface area (Å²) in [6.07, 6.45) is 1.25. The van der Waals surface area contributed by atoms with Crippen molar-refractivity contribution in [3.05, 3.63) is 28.2 Å². The Morgan fingerprint density at radius 2 is 2.19 bits per heavy atom. The molecular formula is C11H16BrClN2O. The maximum absolute atomic E-state index is 11.4. The van der Waals surface area contributed by atoms with Crippen LogP contribution in [0.3, 0.4) is 0 Å². The highest BCUT2D eigenvalue weighted by Crippen LogP contribution is 2.21. The molecule has 0 saturated heterocycles. The number of nitrogens with one attached hydrogen (secondary N) is 1. The van der Waals surface area contributed by atoms with Crippen LogP contribution in [-0.2, 0) is 11.2 Å². The molecule has 0 unspecified atom stereocenters. The first kappa shape index (κ1) is 15.4. The number of halogens is 2. The average molecular weight is 308 g/mol. The first-order valence-electron chi connectivity index (χ1n) is 4.95. The topological polar surface area (TPSA) is 55.1 Å². The van der Waals surface area contributed by atoms with Crippen LogP contribution in [0.2, 0.25) is 0 Å². The van der Waals surface area contributed by atoms with E-state index < -0.39 is 0 Å². The van der Waals surface area contributed by atoms with E-state index in [2.05, 4.69) is 28.2 Å². The van der Waals surface area contributed by atoms with Gasteiger partial charge in [0.2, 0.25) is 5.91 Å². The van der Waals surface area contributed by atoms with Crippen molar-refractivity contribution in [2.24, 2.45) is 5.73 Å². The molecule has 1 aromatic rings. The number of amides is 1. The van der Waals surface area contributed by atoms with Gasteiger partial charge >= 0.3 is 0 Å². The summed E-state index contributed by atoms with van der Waals surface area (Å²) in [4.78, 5) is 11.4. The van der Waals surface area contributed by atoms with Crippen LogP contribution in [0, 0.1) is 0 Å². The van der Waals surface area contributed by atoms with Gasteiger partial charge in [0.1, 0.15) is 0 Å². The Hall–Kier alpha value is -0.580. The molecule has 0 aliphatic carbocycles. The average Bonchev–Trinajstić information content (AvgIpc) is 2.21. The van der Waals surface area contributed by atoms with Crippen molar-refractivity contribution in [3.63, 3.8) is 0 Å². The molecule has 0 fully saturated rings. The van der Waals surface area contributed by atoms with Crippen LogP contribution in [0.15, 0.2) is 22.7 Å². The Labute approximate surface area is 110 Å². The van der Waals surface area contributed by atoms with Gasteiger partial charge in [-0.25, -0.2) is 0 Å². The molecule has 0 aromatic heterocycles. The third-order valence-corrected chi connectivity index (χ3v) is 2.59. The third-order valence-electron chi connectivity index (χ3n) is 2.09. The molecule has 0 saturated carbocycles. The number of benzene rings is 1. The summed E-state index contributed by atoms with van der Waals surface area (Å²) in [7, 11) is 0. The Balaban J connectivity index is 0.00000225. The van der Waals surface area contributed by atoms with Crippen LogP contribution < -0.4 is 11.1 Å². The molecule has 0 aliphatic rings. The van der Waals surface area contributed by atoms with Crippen molar-refractivity contribution in [1.82, 2.24) is 0 Å². The van der Waals surface area contributed by atoms with E-state index in [1.165, 1.54) is 0 Å². The van der Waals surface area contributed by atoms with E-state index >= 15 is 0 Å². The van der Waals surface area contributed by atoms with E-state index in [-0.39, 0.29) is 18.3 Å². The van der Waals surface area contributed by atoms with Crippen LogP contribution in [0.4, 0.5) is 5.69 Å². The number of hydrogen-bond acceptors (Lipinski definition) is 2. The van der Waals surface area contributed by atoms with Crippen molar-refractivity contribution in [1.29, 1.82) is 0 Å². The predicted octanol–water partition coefficient (Wildman–Crippen LogP) is 2.72. The highest BCUT2D eigenvalue weighted by molar-refractivity contribution is 9.10. The summed E-state index contributed by atoms with van der Waals surface area (Å²) in [6, 6.07) is 5.83. The zero-order valence-electron chi connectivity index (χ0n) is 9.13. The van der Waals surface area contributed by atoms with Crippen LogP contribution in [0.5, 0.6) is 0 Å². The van der Waals surface area contributed by atoms with Gasteiger partial charge in [0, 0.05) is 23.1 Å². The molecule has 0 aliphatic heterocycles. The van der Waals surface area contributed by atoms with Gasteiger partial charge in [-0.3, -0.25) is 4.79 Å². The van der Waals surface area contributed by atoms with Crippen molar-refractivity contribution >= 4 is 39.9 Å². The minimum Gasteiger partial charge on any atom is -0.330 e. The molecule has 1 amide bonds. The van der Waals surface area contributed by atoms with Gasteiger partial charge in [0.25, 0.3) is 0 Å². The van der Waals surface area contributed by atoms with Crippen LogP contribution in [0.25, 0.3) is 0 Å². The molecule has 0 spiro atoms. The first-order chi connectivity index (χ1) is 7.17. The molecule has 3 nitrogen and oxygen atoms in total. The molecule has 5 heteroatoms. The van der Waals surface area contributed by atoms with Gasteiger partial charge < -0.3 is 11.1 Å². The van der Waals surface area contributed by atoms with Gasteiger partial charge in [-0.15, -0.1) is 12.4 Å². The Bertz CT molecular complexity index is 358. The highest BCUT2D eigenvalue weighted by Gasteiger charge is 2.05. The van der Waals surface area contributed by atoms with E-state index in [1.54, 1.807) is 0 Å². The standard InChI is InChI=1S/C11H15BrN2O.ClH/c1-2-8-7-9(12)3-4-10(8)14-11(15)5-6-13;/h3-4,7H,2,5-6,13H2,1H3,(H,14,15);1H. The number of carbonyl (C=O) groups excluding carboxylic acids is 1. The quantitative estimate of drug-likeness (QED) is 0.898.